The van der Waals surface area contributed by atoms with Gasteiger partial charge >= 0.3 is 0 Å². The summed E-state index contributed by atoms with van der Waals surface area (Å²) in [6.45, 7) is 3.15. The largest absolute Gasteiger partial charge is 0.271 e. The van der Waals surface area contributed by atoms with Crippen molar-refractivity contribution in [2.75, 3.05) is 11.5 Å². The van der Waals surface area contributed by atoms with Gasteiger partial charge in [0.1, 0.15) is 0 Å². The van der Waals surface area contributed by atoms with Crippen LogP contribution in [0.15, 0.2) is 61.1 Å². The second kappa shape index (κ2) is 7.27. The summed E-state index contributed by atoms with van der Waals surface area (Å²) in [5.41, 5.74) is 4.54. The third kappa shape index (κ3) is 3.57. The molecule has 3 rings (SSSR count). The fourth-order valence-corrected chi connectivity index (χ4v) is 2.95. The van der Waals surface area contributed by atoms with Gasteiger partial charge in [-0.1, -0.05) is 25.1 Å². The molecule has 4 heteroatoms. The maximum Gasteiger partial charge on any atom is 0.0923 e. The van der Waals surface area contributed by atoms with Gasteiger partial charge in [0, 0.05) is 36.5 Å². The molecule has 112 valence electrons. The summed E-state index contributed by atoms with van der Waals surface area (Å²) in [6.07, 6.45) is 5.70. The van der Waals surface area contributed by atoms with Gasteiger partial charge in [-0.25, -0.2) is 0 Å². The molecule has 0 aliphatic rings. The Morgan fingerprint density at radius 2 is 1.82 bits per heavy atom. The van der Waals surface area contributed by atoms with Crippen LogP contribution in [0.4, 0.5) is 0 Å². The van der Waals surface area contributed by atoms with E-state index < -0.39 is 0 Å². The second-order valence-electron chi connectivity index (χ2n) is 4.98. The summed E-state index contributed by atoms with van der Waals surface area (Å²) >= 11 is 1.94. The van der Waals surface area contributed by atoms with Gasteiger partial charge in [-0.2, -0.15) is 16.9 Å². The number of pyridine rings is 1. The van der Waals surface area contributed by atoms with Crippen LogP contribution in [0.1, 0.15) is 6.92 Å². The molecule has 0 saturated carbocycles. The summed E-state index contributed by atoms with van der Waals surface area (Å²) in [6, 6.07) is 14.6. The first-order valence-electron chi connectivity index (χ1n) is 7.49. The standard InChI is InChI=1S/C18H19N3S/c1-2-22-13-12-21-11-8-18(20-21)17-5-3-4-16(14-17)15-6-9-19-10-7-15/h3-11,14H,2,12-13H2,1H3. The number of hydrogen-bond acceptors (Lipinski definition) is 3. The van der Waals surface area contributed by atoms with Crippen molar-refractivity contribution in [3.63, 3.8) is 0 Å². The van der Waals surface area contributed by atoms with Crippen molar-refractivity contribution in [2.24, 2.45) is 0 Å². The molecule has 0 radical (unpaired) electrons. The third-order valence-corrected chi connectivity index (χ3v) is 4.36. The van der Waals surface area contributed by atoms with Crippen LogP contribution < -0.4 is 0 Å². The SMILES string of the molecule is CCSCCn1ccc(-c2cccc(-c3ccncc3)c2)n1. The summed E-state index contributed by atoms with van der Waals surface area (Å²) in [5, 5.41) is 4.68. The Labute approximate surface area is 135 Å². The zero-order valence-corrected chi connectivity index (χ0v) is 13.5. The topological polar surface area (TPSA) is 30.7 Å². The highest BCUT2D eigenvalue weighted by Gasteiger charge is 2.04. The Morgan fingerprint density at radius 3 is 2.64 bits per heavy atom. The Balaban J connectivity index is 1.80. The first kappa shape index (κ1) is 14.9. The lowest BCUT2D eigenvalue weighted by atomic mass is 10.0. The molecule has 0 aliphatic heterocycles. The number of nitrogens with zero attached hydrogens (tertiary/aromatic N) is 3. The average molecular weight is 309 g/mol. The van der Waals surface area contributed by atoms with Crippen molar-refractivity contribution in [1.29, 1.82) is 0 Å². The van der Waals surface area contributed by atoms with Gasteiger partial charge in [-0.3, -0.25) is 9.67 Å². The van der Waals surface area contributed by atoms with E-state index in [4.69, 9.17) is 0 Å². The molecule has 0 saturated heterocycles. The van der Waals surface area contributed by atoms with Crippen molar-refractivity contribution < 1.29 is 0 Å². The zero-order chi connectivity index (χ0) is 15.2. The first-order chi connectivity index (χ1) is 10.9. The normalized spacial score (nSPS) is 10.8. The van der Waals surface area contributed by atoms with Gasteiger partial charge in [-0.15, -0.1) is 0 Å². The molecule has 0 aliphatic carbocycles. The van der Waals surface area contributed by atoms with Crippen molar-refractivity contribution >= 4 is 11.8 Å². The molecular weight excluding hydrogens is 290 g/mol. The van der Waals surface area contributed by atoms with Crippen LogP contribution in [0.3, 0.4) is 0 Å². The van der Waals surface area contributed by atoms with Crippen molar-refractivity contribution in [3.8, 4) is 22.4 Å². The molecule has 3 aromatic rings. The first-order valence-corrected chi connectivity index (χ1v) is 8.64. The van der Waals surface area contributed by atoms with Gasteiger partial charge in [-0.05, 0) is 41.1 Å². The van der Waals surface area contributed by atoms with Crippen LogP contribution in [0.5, 0.6) is 0 Å². The van der Waals surface area contributed by atoms with Crippen molar-refractivity contribution in [1.82, 2.24) is 14.8 Å². The van der Waals surface area contributed by atoms with Crippen LogP contribution >= 0.6 is 11.8 Å². The molecule has 0 amide bonds. The lowest BCUT2D eigenvalue weighted by Gasteiger charge is -2.04. The number of aromatic nitrogens is 3. The number of thioether (sulfide) groups is 1. The minimum atomic E-state index is 0.961. The summed E-state index contributed by atoms with van der Waals surface area (Å²) in [4.78, 5) is 4.07. The third-order valence-electron chi connectivity index (χ3n) is 3.48. The van der Waals surface area contributed by atoms with E-state index in [-0.39, 0.29) is 0 Å². The van der Waals surface area contributed by atoms with Crippen molar-refractivity contribution in [3.05, 3.63) is 61.1 Å². The molecule has 3 nitrogen and oxygen atoms in total. The second-order valence-corrected chi connectivity index (χ2v) is 6.37. The number of hydrogen-bond donors (Lipinski definition) is 0. The fourth-order valence-electron chi connectivity index (χ4n) is 2.35. The molecule has 1 aromatic carbocycles. The Bertz CT molecular complexity index is 722. The van der Waals surface area contributed by atoms with Gasteiger partial charge in [0.2, 0.25) is 0 Å². The smallest absolute Gasteiger partial charge is 0.0923 e. The molecule has 0 N–H and O–H groups in total. The van der Waals surface area contributed by atoms with E-state index in [0.717, 1.165) is 29.3 Å². The van der Waals surface area contributed by atoms with Crippen LogP contribution in [-0.4, -0.2) is 26.3 Å². The van der Waals surface area contributed by atoms with E-state index in [9.17, 15) is 0 Å². The van der Waals surface area contributed by atoms with Gasteiger partial charge in [0.25, 0.3) is 0 Å². The molecule has 0 bridgehead atoms. The highest BCUT2D eigenvalue weighted by molar-refractivity contribution is 7.99. The van der Waals surface area contributed by atoms with E-state index in [1.54, 1.807) is 0 Å². The lowest BCUT2D eigenvalue weighted by molar-refractivity contribution is 0.669. The number of benzene rings is 1. The lowest BCUT2D eigenvalue weighted by Crippen LogP contribution is -2.01. The van der Waals surface area contributed by atoms with Crippen LogP contribution in [0.25, 0.3) is 22.4 Å². The Kier molecular flexibility index (Phi) is 4.91. The molecule has 0 atom stereocenters. The zero-order valence-electron chi connectivity index (χ0n) is 12.6. The van der Waals surface area contributed by atoms with Crippen LogP contribution in [0, 0.1) is 0 Å². The van der Waals surface area contributed by atoms with E-state index in [2.05, 4.69) is 53.5 Å². The quantitative estimate of drug-likeness (QED) is 0.634. The van der Waals surface area contributed by atoms with E-state index in [1.165, 1.54) is 11.1 Å². The number of aryl methyl sites for hydroxylation is 1. The molecule has 0 fully saturated rings. The minimum Gasteiger partial charge on any atom is -0.271 e. The molecule has 0 spiro atoms. The molecule has 22 heavy (non-hydrogen) atoms. The predicted octanol–water partition coefficient (Wildman–Crippen LogP) is 4.37. The molecule has 2 aromatic heterocycles. The Hall–Kier alpha value is -2.07. The van der Waals surface area contributed by atoms with Gasteiger partial charge in [0.05, 0.1) is 5.69 Å². The fraction of sp³-hybridized carbons (Fsp3) is 0.222. The van der Waals surface area contributed by atoms with Crippen molar-refractivity contribution in [2.45, 2.75) is 13.5 Å². The highest BCUT2D eigenvalue weighted by Crippen LogP contribution is 2.24. The summed E-state index contributed by atoms with van der Waals surface area (Å²) < 4.78 is 2.02. The summed E-state index contributed by atoms with van der Waals surface area (Å²) in [7, 11) is 0. The van der Waals surface area contributed by atoms with Crippen LogP contribution in [0.2, 0.25) is 0 Å². The monoisotopic (exact) mass is 309 g/mol. The molecule has 2 heterocycles. The number of rotatable bonds is 6. The van der Waals surface area contributed by atoms with E-state index in [0.29, 0.717) is 0 Å². The summed E-state index contributed by atoms with van der Waals surface area (Å²) in [5.74, 6) is 2.26. The predicted molar refractivity (Wildman–Crippen MR) is 93.9 cm³/mol. The maximum absolute atomic E-state index is 4.68. The average Bonchev–Trinajstić information content (AvgIpc) is 3.05. The van der Waals surface area contributed by atoms with E-state index in [1.807, 2.05) is 41.0 Å². The van der Waals surface area contributed by atoms with Crippen LogP contribution in [-0.2, 0) is 6.54 Å². The maximum atomic E-state index is 4.68. The van der Waals surface area contributed by atoms with Gasteiger partial charge in [0.15, 0.2) is 0 Å². The Morgan fingerprint density at radius 1 is 1.00 bits per heavy atom. The molecular formula is C18H19N3S. The van der Waals surface area contributed by atoms with E-state index >= 15 is 0 Å². The molecule has 0 unspecified atom stereocenters. The highest BCUT2D eigenvalue weighted by atomic mass is 32.2. The van der Waals surface area contributed by atoms with Gasteiger partial charge < -0.3 is 0 Å². The minimum absolute atomic E-state index is 0.961.